The third-order valence-electron chi connectivity index (χ3n) is 7.27. The Kier molecular flexibility index (Phi) is 3.85. The van der Waals surface area contributed by atoms with E-state index in [1.54, 1.807) is 36.4 Å². The van der Waals surface area contributed by atoms with Crippen molar-refractivity contribution in [1.82, 2.24) is 0 Å². The molecule has 0 N–H and O–H groups in total. The summed E-state index contributed by atoms with van der Waals surface area (Å²) in [7, 11) is 0. The highest BCUT2D eigenvalue weighted by Crippen LogP contribution is 2.64. The monoisotopic (exact) mass is 488 g/mol. The quantitative estimate of drug-likeness (QED) is 0.301. The Bertz CT molecular complexity index is 1320. The SMILES string of the molecule is Cc1ccc(N2C(=O)[C@@H]3C4c5ccccc5C([N+](=O)[O-])(c5ccccc54)[C@@H]3C2=O)cc1Br. The molecule has 0 radical (unpaired) electrons. The molecular weight excluding hydrogens is 472 g/mol. The maximum atomic E-state index is 13.9. The zero-order valence-electron chi connectivity index (χ0n) is 17.0. The molecule has 0 saturated carbocycles. The molecule has 0 spiro atoms. The van der Waals surface area contributed by atoms with Crippen molar-refractivity contribution in [3.8, 4) is 0 Å². The molecule has 4 aliphatic rings. The van der Waals surface area contributed by atoms with Crippen LogP contribution in [0, 0.1) is 28.9 Å². The second kappa shape index (κ2) is 6.36. The molecular formula is C25H17BrN2O4. The number of rotatable bonds is 2. The minimum absolute atomic E-state index is 0.350. The molecule has 0 unspecified atom stereocenters. The topological polar surface area (TPSA) is 80.5 Å². The van der Waals surface area contributed by atoms with Gasteiger partial charge in [-0.1, -0.05) is 70.5 Å². The van der Waals surface area contributed by atoms with Crippen LogP contribution in [-0.4, -0.2) is 16.7 Å². The lowest BCUT2D eigenvalue weighted by Crippen LogP contribution is -2.57. The molecule has 0 aromatic heterocycles. The molecule has 1 aliphatic heterocycles. The molecule has 3 aromatic carbocycles. The Labute approximate surface area is 192 Å². The van der Waals surface area contributed by atoms with Crippen LogP contribution in [0.5, 0.6) is 0 Å². The van der Waals surface area contributed by atoms with Gasteiger partial charge in [0.15, 0.2) is 0 Å². The molecule has 1 heterocycles. The summed E-state index contributed by atoms with van der Waals surface area (Å²) in [5.74, 6) is -3.21. The van der Waals surface area contributed by atoms with E-state index in [1.807, 2.05) is 37.3 Å². The third-order valence-corrected chi connectivity index (χ3v) is 8.13. The van der Waals surface area contributed by atoms with E-state index in [2.05, 4.69) is 15.9 Å². The number of nitrogens with zero attached hydrogens (tertiary/aromatic N) is 2. The summed E-state index contributed by atoms with van der Waals surface area (Å²) in [5.41, 5.74) is 2.15. The number of amides is 2. The number of nitro groups is 1. The van der Waals surface area contributed by atoms with Crippen molar-refractivity contribution in [3.63, 3.8) is 0 Å². The Morgan fingerprint density at radius 3 is 2.09 bits per heavy atom. The van der Waals surface area contributed by atoms with Crippen LogP contribution in [0.2, 0.25) is 0 Å². The summed E-state index contributed by atoms with van der Waals surface area (Å²) in [6, 6.07) is 19.6. The fraction of sp³-hybridized carbons (Fsp3) is 0.200. The van der Waals surface area contributed by atoms with E-state index < -0.39 is 29.2 Å². The lowest BCUT2D eigenvalue weighted by atomic mass is 9.51. The van der Waals surface area contributed by atoms with Crippen molar-refractivity contribution in [3.05, 3.63) is 109 Å². The van der Waals surface area contributed by atoms with E-state index in [0.29, 0.717) is 16.8 Å². The van der Waals surface area contributed by atoms with Crippen LogP contribution in [0.1, 0.15) is 33.7 Å². The number of carbonyl (C=O) groups is 2. The van der Waals surface area contributed by atoms with Crippen LogP contribution in [0.3, 0.4) is 0 Å². The standard InChI is InChI=1S/C25H17BrN2O4/c1-13-10-11-14(12-19(13)26)27-23(29)21-20-15-6-2-4-8-17(15)25(28(31)32,22(21)24(27)30)18-9-5-3-7-16(18)20/h2-12,20-22H,1H3/t20?,21-,22+,25?/m1/s1. The molecule has 3 aromatic rings. The van der Waals surface area contributed by atoms with Gasteiger partial charge in [0.25, 0.3) is 5.54 Å². The highest BCUT2D eigenvalue weighted by atomic mass is 79.9. The van der Waals surface area contributed by atoms with Crippen molar-refractivity contribution < 1.29 is 14.5 Å². The van der Waals surface area contributed by atoms with Gasteiger partial charge < -0.3 is 0 Å². The van der Waals surface area contributed by atoms with Gasteiger partial charge in [-0.15, -0.1) is 0 Å². The highest BCUT2D eigenvalue weighted by Gasteiger charge is 2.74. The minimum Gasteiger partial charge on any atom is -0.274 e. The van der Waals surface area contributed by atoms with E-state index in [0.717, 1.165) is 26.1 Å². The van der Waals surface area contributed by atoms with Crippen LogP contribution in [0.15, 0.2) is 71.2 Å². The van der Waals surface area contributed by atoms with E-state index in [-0.39, 0.29) is 10.8 Å². The van der Waals surface area contributed by atoms with Gasteiger partial charge in [0.2, 0.25) is 11.8 Å². The van der Waals surface area contributed by atoms with Crippen molar-refractivity contribution in [2.45, 2.75) is 18.4 Å². The molecule has 158 valence electrons. The first-order chi connectivity index (χ1) is 15.4. The van der Waals surface area contributed by atoms with Crippen LogP contribution in [0.25, 0.3) is 0 Å². The van der Waals surface area contributed by atoms with Crippen molar-refractivity contribution in [1.29, 1.82) is 0 Å². The third kappa shape index (κ3) is 2.09. The number of benzene rings is 3. The predicted molar refractivity (Wildman–Crippen MR) is 121 cm³/mol. The number of halogens is 1. The number of hydrogen-bond acceptors (Lipinski definition) is 4. The number of aryl methyl sites for hydroxylation is 1. The lowest BCUT2D eigenvalue weighted by Gasteiger charge is -2.48. The molecule has 32 heavy (non-hydrogen) atoms. The normalized spacial score (nSPS) is 27.2. The maximum absolute atomic E-state index is 13.9. The van der Waals surface area contributed by atoms with Crippen LogP contribution in [-0.2, 0) is 15.1 Å². The summed E-state index contributed by atoms with van der Waals surface area (Å²) >= 11 is 3.47. The molecule has 2 bridgehead atoms. The molecule has 7 heteroatoms. The van der Waals surface area contributed by atoms with Gasteiger partial charge in [-0.3, -0.25) is 19.7 Å². The Balaban J connectivity index is 1.66. The van der Waals surface area contributed by atoms with E-state index >= 15 is 0 Å². The van der Waals surface area contributed by atoms with Crippen molar-refractivity contribution in [2.24, 2.45) is 11.8 Å². The lowest BCUT2D eigenvalue weighted by molar-refractivity contribution is -0.578. The molecule has 7 rings (SSSR count). The van der Waals surface area contributed by atoms with Gasteiger partial charge in [-0.2, -0.15) is 0 Å². The van der Waals surface area contributed by atoms with Crippen molar-refractivity contribution >= 4 is 33.4 Å². The molecule has 1 saturated heterocycles. The molecule has 3 aliphatic carbocycles. The first kappa shape index (κ1) is 19.4. The second-order valence-corrected chi connectivity index (χ2v) is 9.48. The summed E-state index contributed by atoms with van der Waals surface area (Å²) < 4.78 is 0.768. The smallest absolute Gasteiger partial charge is 0.274 e. The average molecular weight is 489 g/mol. The summed E-state index contributed by atoms with van der Waals surface area (Å²) in [5, 5.41) is 12.9. The fourth-order valence-corrected chi connectivity index (χ4v) is 6.38. The Hall–Kier alpha value is -3.32. The van der Waals surface area contributed by atoms with Crippen LogP contribution >= 0.6 is 15.9 Å². The van der Waals surface area contributed by atoms with E-state index in [9.17, 15) is 19.7 Å². The molecule has 6 nitrogen and oxygen atoms in total. The summed E-state index contributed by atoms with van der Waals surface area (Å²) in [6.45, 7) is 1.91. The van der Waals surface area contributed by atoms with Gasteiger partial charge in [0, 0.05) is 26.4 Å². The largest absolute Gasteiger partial charge is 0.285 e. The van der Waals surface area contributed by atoms with Crippen LogP contribution < -0.4 is 4.90 Å². The first-order valence-corrected chi connectivity index (χ1v) is 11.2. The molecule has 2 atom stereocenters. The average Bonchev–Trinajstić information content (AvgIpc) is 3.06. The van der Waals surface area contributed by atoms with Crippen LogP contribution in [0.4, 0.5) is 5.69 Å². The number of carbonyl (C=O) groups excluding carboxylic acids is 2. The Morgan fingerprint density at radius 2 is 1.53 bits per heavy atom. The summed E-state index contributed by atoms with van der Waals surface area (Å²) in [6.07, 6.45) is 0. The second-order valence-electron chi connectivity index (χ2n) is 8.62. The minimum atomic E-state index is -1.80. The highest BCUT2D eigenvalue weighted by molar-refractivity contribution is 9.10. The predicted octanol–water partition coefficient (Wildman–Crippen LogP) is 4.54. The molecule has 2 amide bonds. The Morgan fingerprint density at radius 1 is 0.938 bits per heavy atom. The van der Waals surface area contributed by atoms with Gasteiger partial charge in [0.1, 0.15) is 5.92 Å². The number of imide groups is 1. The van der Waals surface area contributed by atoms with Gasteiger partial charge >= 0.3 is 0 Å². The first-order valence-electron chi connectivity index (χ1n) is 10.4. The van der Waals surface area contributed by atoms with Gasteiger partial charge in [-0.05, 0) is 35.7 Å². The fourth-order valence-electron chi connectivity index (χ4n) is 6.02. The van der Waals surface area contributed by atoms with Crippen molar-refractivity contribution in [2.75, 3.05) is 4.90 Å². The number of hydrogen-bond donors (Lipinski definition) is 0. The van der Waals surface area contributed by atoms with E-state index in [4.69, 9.17) is 0 Å². The van der Waals surface area contributed by atoms with E-state index in [1.165, 1.54) is 0 Å². The number of anilines is 1. The zero-order valence-corrected chi connectivity index (χ0v) is 18.6. The molecule has 1 fully saturated rings. The summed E-state index contributed by atoms with van der Waals surface area (Å²) in [4.78, 5) is 41.4. The maximum Gasteiger partial charge on any atom is 0.285 e. The zero-order chi connectivity index (χ0) is 22.4. The van der Waals surface area contributed by atoms with Gasteiger partial charge in [0.05, 0.1) is 11.6 Å². The van der Waals surface area contributed by atoms with Gasteiger partial charge in [-0.25, -0.2) is 4.90 Å².